The number of rotatable bonds is 7. The van der Waals surface area contributed by atoms with E-state index in [1.54, 1.807) is 21.3 Å². The van der Waals surface area contributed by atoms with E-state index in [1.807, 2.05) is 0 Å². The smallest absolute Gasteiger partial charge is 0.160 e. The number of ether oxygens (including phenoxy) is 3. The summed E-state index contributed by atoms with van der Waals surface area (Å²) >= 11 is 0. The van der Waals surface area contributed by atoms with Gasteiger partial charge < -0.3 is 14.2 Å². The Bertz CT molecular complexity index is 1260. The molecular weight excluding hydrogens is 472 g/mol. The third-order valence-electron chi connectivity index (χ3n) is 8.65. The monoisotopic (exact) mass is 512 g/mol. The Balaban J connectivity index is 2.33. The van der Waals surface area contributed by atoms with Gasteiger partial charge >= 0.3 is 0 Å². The molecule has 0 aromatic heterocycles. The molecule has 0 bridgehead atoms. The highest BCUT2D eigenvalue weighted by Crippen LogP contribution is 2.47. The zero-order chi connectivity index (χ0) is 27.1. The van der Waals surface area contributed by atoms with E-state index in [9.17, 15) is 0 Å². The summed E-state index contributed by atoms with van der Waals surface area (Å²) in [6.45, 7) is 16.0. The van der Waals surface area contributed by atoms with Crippen molar-refractivity contribution in [2.75, 3.05) is 21.3 Å². The van der Waals surface area contributed by atoms with Crippen LogP contribution >= 0.6 is 0 Å². The summed E-state index contributed by atoms with van der Waals surface area (Å²) in [5.41, 5.74) is 9.79. The Morgan fingerprint density at radius 1 is 0.486 bits per heavy atom. The molecule has 194 valence electrons. The molecule has 1 aliphatic carbocycles. The molecule has 0 amide bonds. The fourth-order valence-corrected chi connectivity index (χ4v) is 13.1. The van der Waals surface area contributed by atoms with Crippen molar-refractivity contribution in [2.45, 2.75) is 54.0 Å². The van der Waals surface area contributed by atoms with Crippen LogP contribution in [0.1, 0.15) is 44.4 Å². The molecule has 37 heavy (non-hydrogen) atoms. The van der Waals surface area contributed by atoms with E-state index in [4.69, 9.17) is 14.2 Å². The van der Waals surface area contributed by atoms with Gasteiger partial charge in [-0.2, -0.15) is 0 Å². The molecule has 4 rings (SSSR count). The SMILES string of the molecule is COc1ccc(C)c([Si](c2cc(OC)ccc2C)(c2cc(OC)ccc2C)C2C(C)=C(C)C(C)=C2C)c1. The fourth-order valence-electron chi connectivity index (χ4n) is 6.36. The number of hydrogen-bond acceptors (Lipinski definition) is 3. The third kappa shape index (κ3) is 4.21. The zero-order valence-corrected chi connectivity index (χ0v) is 25.0. The van der Waals surface area contributed by atoms with Gasteiger partial charge in [0.15, 0.2) is 8.07 Å². The molecule has 0 fully saturated rings. The molecule has 0 radical (unpaired) electrons. The minimum atomic E-state index is -2.83. The van der Waals surface area contributed by atoms with E-state index in [0.29, 0.717) is 0 Å². The van der Waals surface area contributed by atoms with Crippen molar-refractivity contribution in [3.05, 3.63) is 93.6 Å². The molecule has 0 N–H and O–H groups in total. The molecule has 4 heteroatoms. The maximum atomic E-state index is 5.83. The average molecular weight is 513 g/mol. The van der Waals surface area contributed by atoms with Gasteiger partial charge in [-0.1, -0.05) is 46.0 Å². The van der Waals surface area contributed by atoms with Crippen LogP contribution in [0.2, 0.25) is 5.54 Å². The van der Waals surface area contributed by atoms with Crippen LogP contribution in [-0.2, 0) is 0 Å². The van der Waals surface area contributed by atoms with E-state index in [2.05, 4.69) is 103 Å². The second kappa shape index (κ2) is 10.3. The zero-order valence-electron chi connectivity index (χ0n) is 24.0. The van der Waals surface area contributed by atoms with Gasteiger partial charge in [-0.15, -0.1) is 0 Å². The molecule has 0 saturated heterocycles. The Morgan fingerprint density at radius 2 is 0.784 bits per heavy atom. The van der Waals surface area contributed by atoms with Crippen molar-refractivity contribution >= 4 is 23.6 Å². The number of hydrogen-bond donors (Lipinski definition) is 0. The van der Waals surface area contributed by atoms with E-state index >= 15 is 0 Å². The first-order valence-corrected chi connectivity index (χ1v) is 15.0. The highest BCUT2D eigenvalue weighted by atomic mass is 28.3. The lowest BCUT2D eigenvalue weighted by molar-refractivity contribution is 0.415. The van der Waals surface area contributed by atoms with E-state index in [1.165, 1.54) is 54.5 Å². The van der Waals surface area contributed by atoms with Gasteiger partial charge in [-0.3, -0.25) is 0 Å². The first-order valence-electron chi connectivity index (χ1n) is 12.9. The lowest BCUT2D eigenvalue weighted by Gasteiger charge is -2.43. The molecule has 0 unspecified atom stereocenters. The predicted molar refractivity (Wildman–Crippen MR) is 158 cm³/mol. The summed E-state index contributed by atoms with van der Waals surface area (Å²) in [5, 5.41) is 4.10. The number of aryl methyl sites for hydroxylation is 3. The molecule has 0 heterocycles. The van der Waals surface area contributed by atoms with Crippen molar-refractivity contribution in [1.82, 2.24) is 0 Å². The van der Waals surface area contributed by atoms with Gasteiger partial charge in [0.05, 0.1) is 21.3 Å². The molecule has 0 spiro atoms. The molecule has 0 saturated carbocycles. The number of allylic oxidation sites excluding steroid dienone is 4. The molecule has 0 aliphatic heterocycles. The summed E-state index contributed by atoms with van der Waals surface area (Å²) in [5.74, 6) is 2.65. The van der Waals surface area contributed by atoms with Crippen LogP contribution in [0.5, 0.6) is 17.2 Å². The summed E-state index contributed by atoms with van der Waals surface area (Å²) in [4.78, 5) is 0. The molecule has 1 aliphatic rings. The summed E-state index contributed by atoms with van der Waals surface area (Å²) < 4.78 is 17.5. The first kappa shape index (κ1) is 26.8. The maximum absolute atomic E-state index is 5.83. The predicted octanol–water partition coefficient (Wildman–Crippen LogP) is 6.16. The standard InChI is InChI=1S/C33H40O3Si/c1-20-11-14-27(34-8)17-30(20)37(31-18-28(35-9)15-12-21(31)2,32-19-29(36-10)16-13-22(32)3)33-25(6)23(4)24(5)26(33)7/h11-19,33H,1-10H3. The van der Waals surface area contributed by atoms with Crippen LogP contribution in [0.25, 0.3) is 0 Å². The van der Waals surface area contributed by atoms with Gasteiger partial charge in [-0.25, -0.2) is 0 Å². The van der Waals surface area contributed by atoms with Crippen molar-refractivity contribution in [3.8, 4) is 17.2 Å². The van der Waals surface area contributed by atoms with Gasteiger partial charge in [0, 0.05) is 5.54 Å². The molecular formula is C33H40O3Si. The molecule has 0 atom stereocenters. The Kier molecular flexibility index (Phi) is 7.43. The third-order valence-corrected chi connectivity index (χ3v) is 14.6. The molecule has 3 nitrogen and oxygen atoms in total. The van der Waals surface area contributed by atoms with Gasteiger partial charge in [0.2, 0.25) is 0 Å². The quantitative estimate of drug-likeness (QED) is 0.280. The summed E-state index contributed by atoms with van der Waals surface area (Å²) in [6.07, 6.45) is 0. The van der Waals surface area contributed by atoms with Crippen LogP contribution in [0.15, 0.2) is 76.9 Å². The average Bonchev–Trinajstić information content (AvgIpc) is 3.10. The number of methoxy groups -OCH3 is 3. The van der Waals surface area contributed by atoms with Crippen LogP contribution in [-0.4, -0.2) is 29.4 Å². The minimum Gasteiger partial charge on any atom is -0.497 e. The van der Waals surface area contributed by atoms with E-state index in [-0.39, 0.29) is 5.54 Å². The van der Waals surface area contributed by atoms with Crippen LogP contribution in [0.3, 0.4) is 0 Å². The van der Waals surface area contributed by atoms with Gasteiger partial charge in [0.1, 0.15) is 17.2 Å². The van der Waals surface area contributed by atoms with Crippen LogP contribution < -0.4 is 29.8 Å². The van der Waals surface area contributed by atoms with E-state index in [0.717, 1.165) is 17.2 Å². The summed E-state index contributed by atoms with van der Waals surface area (Å²) in [7, 11) is 2.43. The van der Waals surface area contributed by atoms with Crippen LogP contribution in [0, 0.1) is 20.8 Å². The fraction of sp³-hybridized carbons (Fsp3) is 0.333. The lowest BCUT2D eigenvalue weighted by atomic mass is 10.1. The largest absolute Gasteiger partial charge is 0.497 e. The summed E-state index contributed by atoms with van der Waals surface area (Å²) in [6, 6.07) is 19.8. The van der Waals surface area contributed by atoms with Crippen molar-refractivity contribution in [2.24, 2.45) is 0 Å². The Morgan fingerprint density at radius 3 is 1.05 bits per heavy atom. The highest BCUT2D eigenvalue weighted by molar-refractivity contribution is 7.13. The second-order valence-corrected chi connectivity index (χ2v) is 14.2. The molecule has 3 aromatic rings. The highest BCUT2D eigenvalue weighted by Gasteiger charge is 2.52. The second-order valence-electron chi connectivity index (χ2n) is 10.4. The normalized spacial score (nSPS) is 14.4. The Hall–Kier alpha value is -3.24. The van der Waals surface area contributed by atoms with Crippen molar-refractivity contribution in [1.29, 1.82) is 0 Å². The maximum Gasteiger partial charge on any atom is 0.160 e. The minimum absolute atomic E-state index is 0.245. The van der Waals surface area contributed by atoms with Crippen LogP contribution in [0.4, 0.5) is 0 Å². The van der Waals surface area contributed by atoms with Crippen molar-refractivity contribution in [3.63, 3.8) is 0 Å². The van der Waals surface area contributed by atoms with Crippen molar-refractivity contribution < 1.29 is 14.2 Å². The molecule has 3 aromatic carbocycles. The lowest BCUT2D eigenvalue weighted by Crippen LogP contribution is -2.72. The topological polar surface area (TPSA) is 27.7 Å². The van der Waals surface area contributed by atoms with Gasteiger partial charge in [0.25, 0.3) is 0 Å². The van der Waals surface area contributed by atoms with Gasteiger partial charge in [-0.05, 0) is 112 Å². The first-order chi connectivity index (χ1) is 17.6. The van der Waals surface area contributed by atoms with E-state index < -0.39 is 8.07 Å². The number of benzene rings is 3. The Labute approximate surface area is 223 Å².